The molecule has 0 aliphatic carbocycles. The lowest BCUT2D eigenvalue weighted by atomic mass is 10.0. The molecule has 1 aliphatic rings. The maximum atomic E-state index is 13.5. The van der Waals surface area contributed by atoms with Gasteiger partial charge in [0.2, 0.25) is 18.6 Å². The van der Waals surface area contributed by atoms with Crippen LogP contribution in [0.5, 0.6) is 11.5 Å². The molecule has 0 bridgehead atoms. The number of carbonyl (C=O) groups excluding carboxylic acids is 2. The van der Waals surface area contributed by atoms with Gasteiger partial charge in [0.05, 0.1) is 5.69 Å². The Labute approximate surface area is 197 Å². The van der Waals surface area contributed by atoms with E-state index in [4.69, 9.17) is 9.47 Å². The summed E-state index contributed by atoms with van der Waals surface area (Å²) in [5, 5.41) is 16.4. The zero-order valence-corrected chi connectivity index (χ0v) is 19.2. The van der Waals surface area contributed by atoms with Crippen LogP contribution in [0.15, 0.2) is 54.7 Å². The predicted molar refractivity (Wildman–Crippen MR) is 126 cm³/mol. The second-order valence-corrected chi connectivity index (χ2v) is 8.16. The molecule has 4 rings (SSSR count). The summed E-state index contributed by atoms with van der Waals surface area (Å²) < 4.78 is 12.3. The summed E-state index contributed by atoms with van der Waals surface area (Å²) >= 11 is 0. The molecule has 0 saturated heterocycles. The van der Waals surface area contributed by atoms with Gasteiger partial charge in [-0.1, -0.05) is 30.3 Å². The number of benzene rings is 2. The molecular formula is C25H28N4O5. The maximum Gasteiger partial charge on any atom is 0.249 e. The molecule has 0 radical (unpaired) electrons. The summed E-state index contributed by atoms with van der Waals surface area (Å²) in [6.07, 6.45) is 2.56. The van der Waals surface area contributed by atoms with Crippen LogP contribution in [0.2, 0.25) is 0 Å². The van der Waals surface area contributed by atoms with Gasteiger partial charge in [0.25, 0.3) is 0 Å². The van der Waals surface area contributed by atoms with Crippen LogP contribution in [0.4, 0.5) is 5.69 Å². The van der Waals surface area contributed by atoms with Gasteiger partial charge < -0.3 is 24.8 Å². The second kappa shape index (κ2) is 10.4. The van der Waals surface area contributed by atoms with Crippen LogP contribution >= 0.6 is 0 Å². The van der Waals surface area contributed by atoms with Crippen LogP contribution in [0.1, 0.15) is 16.8 Å². The van der Waals surface area contributed by atoms with Crippen molar-refractivity contribution >= 4 is 17.5 Å². The van der Waals surface area contributed by atoms with Crippen LogP contribution in [0, 0.1) is 6.92 Å². The molecule has 2 heterocycles. The van der Waals surface area contributed by atoms with Crippen molar-refractivity contribution in [1.82, 2.24) is 15.1 Å². The number of hydrogen-bond donors (Lipinski definition) is 2. The molecule has 0 unspecified atom stereocenters. The van der Waals surface area contributed by atoms with Crippen molar-refractivity contribution in [1.29, 1.82) is 0 Å². The van der Waals surface area contributed by atoms with Gasteiger partial charge >= 0.3 is 0 Å². The summed E-state index contributed by atoms with van der Waals surface area (Å²) in [4.78, 5) is 27.9. The van der Waals surface area contributed by atoms with Crippen LogP contribution in [-0.4, -0.2) is 53.2 Å². The quantitative estimate of drug-likeness (QED) is 0.501. The number of aryl methyl sites for hydroxylation is 1. The Kier molecular flexibility index (Phi) is 7.12. The van der Waals surface area contributed by atoms with E-state index in [2.05, 4.69) is 10.4 Å². The number of amides is 2. The first-order valence-electron chi connectivity index (χ1n) is 11.1. The predicted octanol–water partition coefficient (Wildman–Crippen LogP) is 1.85. The number of hydrogen-bond acceptors (Lipinski definition) is 6. The van der Waals surface area contributed by atoms with E-state index in [-0.39, 0.29) is 31.8 Å². The van der Waals surface area contributed by atoms with Gasteiger partial charge in [-0.15, -0.1) is 0 Å². The molecule has 34 heavy (non-hydrogen) atoms. The molecule has 3 aromatic rings. The monoisotopic (exact) mass is 464 g/mol. The van der Waals surface area contributed by atoms with E-state index in [1.165, 1.54) is 9.58 Å². The summed E-state index contributed by atoms with van der Waals surface area (Å²) in [6.45, 7) is 1.97. The number of carbonyl (C=O) groups is 2. The number of nitrogens with one attached hydrogen (secondary N) is 1. The Morgan fingerprint density at radius 2 is 1.94 bits per heavy atom. The summed E-state index contributed by atoms with van der Waals surface area (Å²) in [7, 11) is 1.67. The minimum atomic E-state index is -0.779. The Morgan fingerprint density at radius 3 is 2.71 bits per heavy atom. The van der Waals surface area contributed by atoms with Crippen LogP contribution in [0.25, 0.3) is 0 Å². The Balaban J connectivity index is 1.50. The Hall–Kier alpha value is -3.85. The summed E-state index contributed by atoms with van der Waals surface area (Å²) in [6, 6.07) is 14.1. The smallest absolute Gasteiger partial charge is 0.249 e. The molecule has 0 fully saturated rings. The van der Waals surface area contributed by atoms with Gasteiger partial charge in [0.1, 0.15) is 12.6 Å². The van der Waals surface area contributed by atoms with Crippen molar-refractivity contribution in [2.45, 2.75) is 32.4 Å². The number of aromatic nitrogens is 2. The van der Waals surface area contributed by atoms with Crippen LogP contribution < -0.4 is 19.7 Å². The van der Waals surface area contributed by atoms with E-state index in [1.54, 1.807) is 31.4 Å². The molecule has 1 atom stereocenters. The number of nitrogens with zero attached hydrogens (tertiary/aromatic N) is 3. The highest BCUT2D eigenvalue weighted by atomic mass is 16.7. The standard InChI is InChI=1S/C25H28N4O5/c1-17-19(10-11-30)14-29(27-17)15-24(31)26-21(12-18-6-4-3-5-7-18)25(32)28(2)20-8-9-22-23(13-20)34-16-33-22/h3-9,13-14,21,30H,10-12,15-16H2,1-2H3,(H,26,31)/t21-/m0/s1. The third kappa shape index (κ3) is 5.37. The van der Waals surface area contributed by atoms with E-state index in [9.17, 15) is 14.7 Å². The molecule has 2 N–H and O–H groups in total. The molecule has 9 heteroatoms. The van der Waals surface area contributed by atoms with Crippen molar-refractivity contribution in [2.75, 3.05) is 25.3 Å². The Bertz CT molecular complexity index is 1160. The molecule has 1 aliphatic heterocycles. The van der Waals surface area contributed by atoms with E-state index >= 15 is 0 Å². The average molecular weight is 465 g/mol. The van der Waals surface area contributed by atoms with Crippen molar-refractivity contribution in [3.63, 3.8) is 0 Å². The number of ether oxygens (including phenoxy) is 2. The van der Waals surface area contributed by atoms with E-state index in [0.29, 0.717) is 30.0 Å². The molecule has 9 nitrogen and oxygen atoms in total. The zero-order valence-electron chi connectivity index (χ0n) is 19.2. The normalized spacial score (nSPS) is 12.9. The van der Waals surface area contributed by atoms with Gasteiger partial charge in [-0.05, 0) is 36.6 Å². The second-order valence-electron chi connectivity index (χ2n) is 8.16. The van der Waals surface area contributed by atoms with Gasteiger partial charge in [-0.25, -0.2) is 0 Å². The molecule has 2 aromatic carbocycles. The first-order chi connectivity index (χ1) is 16.4. The average Bonchev–Trinajstić information content (AvgIpc) is 3.44. The molecular weight excluding hydrogens is 436 g/mol. The van der Waals surface area contributed by atoms with Crippen molar-refractivity contribution < 1.29 is 24.2 Å². The number of anilines is 1. The van der Waals surface area contributed by atoms with Gasteiger partial charge in [0, 0.05) is 38.0 Å². The molecule has 178 valence electrons. The van der Waals surface area contributed by atoms with Crippen molar-refractivity contribution in [2.24, 2.45) is 0 Å². The number of aliphatic hydroxyl groups excluding tert-OH is 1. The highest BCUT2D eigenvalue weighted by Gasteiger charge is 2.27. The fraction of sp³-hybridized carbons (Fsp3) is 0.320. The van der Waals surface area contributed by atoms with E-state index < -0.39 is 6.04 Å². The minimum absolute atomic E-state index is 0.0125. The lowest BCUT2D eigenvalue weighted by Gasteiger charge is -2.25. The topological polar surface area (TPSA) is 106 Å². The first-order valence-corrected chi connectivity index (χ1v) is 11.1. The third-order valence-electron chi connectivity index (χ3n) is 5.72. The maximum absolute atomic E-state index is 13.5. The lowest BCUT2D eigenvalue weighted by Crippen LogP contribution is -2.49. The number of rotatable bonds is 9. The SMILES string of the molecule is Cc1nn(CC(=O)N[C@@H](Cc2ccccc2)C(=O)N(C)c2ccc3c(c2)OCO3)cc1CCO. The first kappa shape index (κ1) is 23.3. The fourth-order valence-electron chi connectivity index (χ4n) is 3.90. The number of fused-ring (bicyclic) bond motifs is 1. The fourth-order valence-corrected chi connectivity index (χ4v) is 3.90. The Morgan fingerprint density at radius 1 is 1.18 bits per heavy atom. The highest BCUT2D eigenvalue weighted by Crippen LogP contribution is 2.35. The molecule has 2 amide bonds. The lowest BCUT2D eigenvalue weighted by molar-refractivity contribution is -0.127. The zero-order chi connectivity index (χ0) is 24.1. The summed E-state index contributed by atoms with van der Waals surface area (Å²) in [5.74, 6) is 0.627. The summed E-state index contributed by atoms with van der Waals surface area (Å²) in [5.41, 5.74) is 3.22. The number of likely N-dealkylation sites (N-methyl/N-ethyl adjacent to an activating group) is 1. The van der Waals surface area contributed by atoms with Gasteiger partial charge in [-0.2, -0.15) is 5.10 Å². The number of aliphatic hydroxyl groups is 1. The molecule has 1 aromatic heterocycles. The minimum Gasteiger partial charge on any atom is -0.454 e. The van der Waals surface area contributed by atoms with Crippen LogP contribution in [-0.2, 0) is 29.0 Å². The van der Waals surface area contributed by atoms with E-state index in [1.807, 2.05) is 37.3 Å². The highest BCUT2D eigenvalue weighted by molar-refractivity contribution is 5.99. The van der Waals surface area contributed by atoms with Crippen LogP contribution in [0.3, 0.4) is 0 Å². The largest absolute Gasteiger partial charge is 0.454 e. The van der Waals surface area contributed by atoms with E-state index in [0.717, 1.165) is 16.8 Å². The van der Waals surface area contributed by atoms with Crippen molar-refractivity contribution in [3.05, 3.63) is 71.5 Å². The molecule has 0 saturated carbocycles. The molecule has 0 spiro atoms. The van der Waals surface area contributed by atoms with Gasteiger partial charge in [0.15, 0.2) is 11.5 Å². The third-order valence-corrected chi connectivity index (χ3v) is 5.72. The van der Waals surface area contributed by atoms with Gasteiger partial charge in [-0.3, -0.25) is 14.3 Å². The van der Waals surface area contributed by atoms with Crippen molar-refractivity contribution in [3.8, 4) is 11.5 Å².